The van der Waals surface area contributed by atoms with Gasteiger partial charge in [0.2, 0.25) is 9.85 Å². The van der Waals surface area contributed by atoms with Crippen LogP contribution >= 0.6 is 34.8 Å². The van der Waals surface area contributed by atoms with E-state index >= 15 is 0 Å². The minimum Gasteiger partial charge on any atom is -0.323 e. The van der Waals surface area contributed by atoms with Crippen molar-refractivity contribution in [3.63, 3.8) is 0 Å². The maximum absolute atomic E-state index is 11.9. The fourth-order valence-electron chi connectivity index (χ4n) is 1.83. The van der Waals surface area contributed by atoms with Crippen molar-refractivity contribution in [2.75, 3.05) is 0 Å². The van der Waals surface area contributed by atoms with Gasteiger partial charge in [0.1, 0.15) is 0 Å². The molecule has 0 nitrogen and oxygen atoms in total. The Balaban J connectivity index is 2.99. The highest BCUT2D eigenvalue weighted by Gasteiger charge is 2.17. The molecule has 0 aliphatic rings. The van der Waals surface area contributed by atoms with E-state index < -0.39 is 13.6 Å². The van der Waals surface area contributed by atoms with Gasteiger partial charge in [-0.05, 0) is 18.9 Å². The molecule has 0 amide bonds. The quantitative estimate of drug-likeness (QED) is 0.197. The van der Waals surface area contributed by atoms with Gasteiger partial charge in [-0.1, -0.05) is 86.2 Å². The molecule has 17 heavy (non-hydrogen) atoms. The van der Waals surface area contributed by atoms with Gasteiger partial charge in [0.25, 0.3) is 0 Å². The standard InChI is InChI=1S/C12H24Cl3FSi/c13-12(14,15)10-8-6-4-2-1-3-5-7-9-11-17-16/h1-11,17H2. The van der Waals surface area contributed by atoms with Crippen LogP contribution in [0.15, 0.2) is 0 Å². The zero-order chi connectivity index (χ0) is 13.0. The van der Waals surface area contributed by atoms with Gasteiger partial charge in [-0.2, -0.15) is 0 Å². The van der Waals surface area contributed by atoms with Crippen molar-refractivity contribution in [1.82, 2.24) is 0 Å². The lowest BCUT2D eigenvalue weighted by Crippen LogP contribution is -2.00. The lowest BCUT2D eigenvalue weighted by Gasteiger charge is -2.09. The highest BCUT2D eigenvalue weighted by atomic mass is 35.6. The van der Waals surface area contributed by atoms with E-state index in [1.807, 2.05) is 0 Å². The van der Waals surface area contributed by atoms with E-state index in [9.17, 15) is 4.11 Å². The summed E-state index contributed by atoms with van der Waals surface area (Å²) in [6.07, 6.45) is 11.5. The Labute approximate surface area is 123 Å². The molecule has 0 aliphatic heterocycles. The zero-order valence-electron chi connectivity index (χ0n) is 10.5. The second-order valence-corrected chi connectivity index (χ2v) is 8.19. The highest BCUT2D eigenvalue weighted by Crippen LogP contribution is 2.32. The molecule has 0 N–H and O–H groups in total. The molecule has 0 aromatic heterocycles. The fourth-order valence-corrected chi connectivity index (χ4v) is 2.78. The van der Waals surface area contributed by atoms with Crippen molar-refractivity contribution in [2.24, 2.45) is 0 Å². The van der Waals surface area contributed by atoms with Crippen LogP contribution in [0.25, 0.3) is 0 Å². The minimum atomic E-state index is -1.18. The van der Waals surface area contributed by atoms with Crippen LogP contribution < -0.4 is 0 Å². The van der Waals surface area contributed by atoms with Crippen LogP contribution in [0.5, 0.6) is 0 Å². The Morgan fingerprint density at radius 2 is 1.12 bits per heavy atom. The third-order valence-corrected chi connectivity index (χ3v) is 4.18. The topological polar surface area (TPSA) is 0 Å². The summed E-state index contributed by atoms with van der Waals surface area (Å²) in [4.78, 5) is 0. The van der Waals surface area contributed by atoms with E-state index in [1.165, 1.54) is 38.5 Å². The number of rotatable bonds is 11. The van der Waals surface area contributed by atoms with E-state index in [2.05, 4.69) is 0 Å². The molecule has 0 atom stereocenters. The Morgan fingerprint density at radius 3 is 1.53 bits per heavy atom. The van der Waals surface area contributed by atoms with E-state index in [1.54, 1.807) is 0 Å². The molecule has 0 heterocycles. The first-order chi connectivity index (χ1) is 8.06. The van der Waals surface area contributed by atoms with Gasteiger partial charge in [-0.25, -0.2) is 0 Å². The first-order valence-electron chi connectivity index (χ1n) is 6.69. The molecular formula is C12H24Cl3FSi. The molecule has 0 aliphatic carbocycles. The summed E-state index contributed by atoms with van der Waals surface area (Å²) in [5.74, 6) is 0. The Hall–Kier alpha value is 1.02. The molecular weight excluding hydrogens is 298 g/mol. The van der Waals surface area contributed by atoms with E-state index in [-0.39, 0.29) is 0 Å². The average Bonchev–Trinajstić information content (AvgIpc) is 2.24. The maximum atomic E-state index is 11.9. The van der Waals surface area contributed by atoms with Gasteiger partial charge < -0.3 is 4.11 Å². The van der Waals surface area contributed by atoms with Crippen molar-refractivity contribution in [3.8, 4) is 0 Å². The summed E-state index contributed by atoms with van der Waals surface area (Å²) >= 11 is 17.0. The van der Waals surface area contributed by atoms with Crippen LogP contribution in [-0.2, 0) is 0 Å². The number of halogens is 4. The van der Waals surface area contributed by atoms with E-state index in [0.29, 0.717) is 6.42 Å². The number of hydrogen-bond acceptors (Lipinski definition) is 0. The predicted octanol–water partition coefficient (Wildman–Crippen LogP) is 5.73. The molecule has 0 radical (unpaired) electrons. The summed E-state index contributed by atoms with van der Waals surface area (Å²) in [6, 6.07) is 0.872. The van der Waals surface area contributed by atoms with Crippen molar-refractivity contribution in [1.29, 1.82) is 0 Å². The van der Waals surface area contributed by atoms with Gasteiger partial charge in [-0.3, -0.25) is 0 Å². The average molecular weight is 322 g/mol. The normalized spacial score (nSPS) is 12.7. The molecule has 0 bridgehead atoms. The van der Waals surface area contributed by atoms with Gasteiger partial charge >= 0.3 is 0 Å². The fraction of sp³-hybridized carbons (Fsp3) is 1.00. The first-order valence-corrected chi connectivity index (χ1v) is 9.36. The smallest absolute Gasteiger partial charge is 0.216 e. The highest BCUT2D eigenvalue weighted by molar-refractivity contribution is 6.67. The Bertz CT molecular complexity index is 162. The summed E-state index contributed by atoms with van der Waals surface area (Å²) < 4.78 is 10.9. The molecule has 5 heteroatoms. The first kappa shape index (κ1) is 18.0. The van der Waals surface area contributed by atoms with Crippen molar-refractivity contribution in [3.05, 3.63) is 0 Å². The van der Waals surface area contributed by atoms with Crippen LogP contribution in [0, 0.1) is 0 Å². The molecule has 0 aromatic carbocycles. The van der Waals surface area contributed by atoms with Crippen LogP contribution in [0.1, 0.15) is 64.2 Å². The minimum absolute atomic E-state index is 0.658. The second-order valence-electron chi connectivity index (χ2n) is 4.59. The third-order valence-electron chi connectivity index (χ3n) is 2.84. The number of unbranched alkanes of at least 4 members (excludes halogenated alkanes) is 8. The van der Waals surface area contributed by atoms with E-state index in [0.717, 1.165) is 25.3 Å². The molecule has 0 saturated heterocycles. The van der Waals surface area contributed by atoms with Crippen LogP contribution in [0.3, 0.4) is 0 Å². The van der Waals surface area contributed by atoms with Crippen molar-refractivity contribution < 1.29 is 4.11 Å². The Kier molecular flexibility index (Phi) is 12.8. The van der Waals surface area contributed by atoms with Crippen LogP contribution in [0.2, 0.25) is 6.04 Å². The van der Waals surface area contributed by atoms with Crippen molar-refractivity contribution >= 4 is 44.7 Å². The summed E-state index contributed by atoms with van der Waals surface area (Å²) in [7, 11) is -1.18. The molecule has 0 unspecified atom stereocenters. The SMILES string of the molecule is F[SiH2]CCCCCCCCCCCC(Cl)(Cl)Cl. The van der Waals surface area contributed by atoms with Gasteiger partial charge in [0.05, 0.1) is 0 Å². The molecule has 0 fully saturated rings. The zero-order valence-corrected chi connectivity index (χ0v) is 14.2. The van der Waals surface area contributed by atoms with Crippen LogP contribution in [0.4, 0.5) is 4.11 Å². The second kappa shape index (κ2) is 12.1. The van der Waals surface area contributed by atoms with Gasteiger partial charge in [0.15, 0.2) is 3.79 Å². The monoisotopic (exact) mass is 320 g/mol. The molecule has 0 aromatic rings. The summed E-state index contributed by atoms with van der Waals surface area (Å²) in [5.41, 5.74) is 0. The number of hydrogen-bond donors (Lipinski definition) is 0. The van der Waals surface area contributed by atoms with Crippen LogP contribution in [-0.4, -0.2) is 13.6 Å². The predicted molar refractivity (Wildman–Crippen MR) is 80.9 cm³/mol. The molecule has 0 rings (SSSR count). The summed E-state index contributed by atoms with van der Waals surface area (Å²) in [5, 5.41) is 0. The third kappa shape index (κ3) is 17.0. The summed E-state index contributed by atoms with van der Waals surface area (Å²) in [6.45, 7) is 0. The molecule has 0 saturated carbocycles. The van der Waals surface area contributed by atoms with Gasteiger partial charge in [-0.15, -0.1) is 0 Å². The largest absolute Gasteiger partial charge is 0.323 e. The Morgan fingerprint density at radius 1 is 0.706 bits per heavy atom. The van der Waals surface area contributed by atoms with Crippen molar-refractivity contribution in [2.45, 2.75) is 74.0 Å². The molecule has 0 spiro atoms. The molecule has 104 valence electrons. The maximum Gasteiger partial charge on any atom is 0.216 e. The van der Waals surface area contributed by atoms with E-state index in [4.69, 9.17) is 34.8 Å². The lowest BCUT2D eigenvalue weighted by molar-refractivity contribution is 0.557. The lowest BCUT2D eigenvalue weighted by atomic mass is 10.1. The number of alkyl halides is 3. The van der Waals surface area contributed by atoms with Gasteiger partial charge in [0, 0.05) is 0 Å².